The Morgan fingerprint density at radius 1 is 1.29 bits per heavy atom. The van der Waals surface area contributed by atoms with Crippen LogP contribution in [0.25, 0.3) is 0 Å². The second-order valence-corrected chi connectivity index (χ2v) is 5.03. The summed E-state index contributed by atoms with van der Waals surface area (Å²) in [7, 11) is 0. The van der Waals surface area contributed by atoms with E-state index in [2.05, 4.69) is 15.9 Å². The molecule has 0 aliphatic carbocycles. The Hall–Kier alpha value is -2.28. The van der Waals surface area contributed by atoms with Crippen LogP contribution in [0.4, 0.5) is 4.39 Å². The van der Waals surface area contributed by atoms with Gasteiger partial charge in [-0.05, 0) is 30.3 Å². The molecule has 0 bridgehead atoms. The Morgan fingerprint density at radius 3 is 2.71 bits per heavy atom. The van der Waals surface area contributed by atoms with Gasteiger partial charge in [0, 0.05) is 15.0 Å². The molecule has 0 saturated carbocycles. The zero-order chi connectivity index (χ0) is 15.4. The molecule has 0 fully saturated rings. The predicted molar refractivity (Wildman–Crippen MR) is 76.8 cm³/mol. The molecule has 0 saturated heterocycles. The SMILES string of the molecule is O=C(C[N+](=O)[O-])c1cccc(Oc2ccc(Br)cc2F)c1. The number of nitrogens with zero attached hydrogens (tertiary/aromatic N) is 1. The molecule has 0 atom stereocenters. The van der Waals surface area contributed by atoms with Gasteiger partial charge in [-0.1, -0.05) is 28.1 Å². The van der Waals surface area contributed by atoms with Crippen molar-refractivity contribution in [2.75, 3.05) is 6.54 Å². The van der Waals surface area contributed by atoms with Gasteiger partial charge in [-0.2, -0.15) is 0 Å². The zero-order valence-electron chi connectivity index (χ0n) is 10.6. The average Bonchev–Trinajstić information content (AvgIpc) is 2.41. The van der Waals surface area contributed by atoms with Crippen LogP contribution >= 0.6 is 15.9 Å². The van der Waals surface area contributed by atoms with Crippen LogP contribution in [0.2, 0.25) is 0 Å². The largest absolute Gasteiger partial charge is 0.454 e. The zero-order valence-corrected chi connectivity index (χ0v) is 12.2. The maximum atomic E-state index is 13.7. The fourth-order valence-electron chi connectivity index (χ4n) is 1.63. The molecule has 0 N–H and O–H groups in total. The molecular formula is C14H9BrFNO4. The lowest BCUT2D eigenvalue weighted by Gasteiger charge is -2.08. The van der Waals surface area contributed by atoms with Crippen LogP contribution in [0, 0.1) is 15.9 Å². The summed E-state index contributed by atoms with van der Waals surface area (Å²) in [5, 5.41) is 10.3. The molecule has 0 amide bonds. The minimum Gasteiger partial charge on any atom is -0.454 e. The van der Waals surface area contributed by atoms with E-state index < -0.39 is 23.1 Å². The number of ether oxygens (including phenoxy) is 1. The number of nitro groups is 1. The number of rotatable bonds is 5. The lowest BCUT2D eigenvalue weighted by Crippen LogP contribution is -2.13. The van der Waals surface area contributed by atoms with Gasteiger partial charge in [0.1, 0.15) is 5.75 Å². The quantitative estimate of drug-likeness (QED) is 0.465. The normalized spacial score (nSPS) is 10.2. The van der Waals surface area contributed by atoms with Gasteiger partial charge in [0.25, 0.3) is 6.54 Å². The number of carbonyl (C=O) groups excluding carboxylic acids is 1. The van der Waals surface area contributed by atoms with Gasteiger partial charge in [0.15, 0.2) is 11.6 Å². The Kier molecular flexibility index (Phi) is 4.64. The monoisotopic (exact) mass is 353 g/mol. The smallest absolute Gasteiger partial charge is 0.265 e. The van der Waals surface area contributed by atoms with Crippen LogP contribution in [0.15, 0.2) is 46.9 Å². The predicted octanol–water partition coefficient (Wildman–Crippen LogP) is 3.84. The summed E-state index contributed by atoms with van der Waals surface area (Å²) >= 11 is 3.13. The van der Waals surface area contributed by atoms with Gasteiger partial charge >= 0.3 is 0 Å². The van der Waals surface area contributed by atoms with Crippen molar-refractivity contribution < 1.29 is 18.8 Å². The molecule has 21 heavy (non-hydrogen) atoms. The molecule has 0 aliphatic heterocycles. The molecule has 0 radical (unpaired) electrons. The van der Waals surface area contributed by atoms with E-state index >= 15 is 0 Å². The fraction of sp³-hybridized carbons (Fsp3) is 0.0714. The number of hydrogen-bond donors (Lipinski definition) is 0. The molecule has 2 aromatic carbocycles. The van der Waals surface area contributed by atoms with Crippen molar-refractivity contribution >= 4 is 21.7 Å². The minimum absolute atomic E-state index is 0.00271. The lowest BCUT2D eigenvalue weighted by atomic mass is 10.1. The van der Waals surface area contributed by atoms with Gasteiger partial charge in [-0.15, -0.1) is 0 Å². The number of benzene rings is 2. The molecule has 0 unspecified atom stereocenters. The van der Waals surface area contributed by atoms with Gasteiger partial charge in [0.05, 0.1) is 0 Å². The van der Waals surface area contributed by atoms with E-state index in [1.54, 1.807) is 6.07 Å². The average molecular weight is 354 g/mol. The highest BCUT2D eigenvalue weighted by Gasteiger charge is 2.14. The van der Waals surface area contributed by atoms with Crippen molar-refractivity contribution in [1.29, 1.82) is 0 Å². The van der Waals surface area contributed by atoms with Crippen molar-refractivity contribution in [3.8, 4) is 11.5 Å². The van der Waals surface area contributed by atoms with Crippen LogP contribution < -0.4 is 4.74 Å². The summed E-state index contributed by atoms with van der Waals surface area (Å²) < 4.78 is 19.6. The highest BCUT2D eigenvalue weighted by atomic mass is 79.9. The first-order valence-corrected chi connectivity index (χ1v) is 6.63. The first-order chi connectivity index (χ1) is 9.95. The molecule has 0 aliphatic rings. The third-order valence-corrected chi connectivity index (χ3v) is 3.04. The second-order valence-electron chi connectivity index (χ2n) is 4.12. The van der Waals surface area contributed by atoms with Crippen LogP contribution in [0.5, 0.6) is 11.5 Å². The van der Waals surface area contributed by atoms with Crippen LogP contribution in [-0.4, -0.2) is 17.3 Å². The molecule has 0 spiro atoms. The van der Waals surface area contributed by atoms with Crippen LogP contribution in [-0.2, 0) is 0 Å². The number of halogens is 2. The van der Waals surface area contributed by atoms with Gasteiger partial charge in [-0.25, -0.2) is 4.39 Å². The first-order valence-electron chi connectivity index (χ1n) is 5.83. The maximum Gasteiger partial charge on any atom is 0.265 e. The Bertz CT molecular complexity index is 705. The van der Waals surface area contributed by atoms with Gasteiger partial charge in [0.2, 0.25) is 5.78 Å². The number of carbonyl (C=O) groups is 1. The maximum absolute atomic E-state index is 13.7. The van der Waals surface area contributed by atoms with Crippen LogP contribution in [0.3, 0.4) is 0 Å². The van der Waals surface area contributed by atoms with E-state index in [1.165, 1.54) is 36.4 Å². The van der Waals surface area contributed by atoms with Gasteiger partial charge in [-0.3, -0.25) is 14.9 Å². The third-order valence-electron chi connectivity index (χ3n) is 2.55. The van der Waals surface area contributed by atoms with Crippen molar-refractivity contribution in [3.63, 3.8) is 0 Å². The van der Waals surface area contributed by atoms with Crippen molar-refractivity contribution in [2.24, 2.45) is 0 Å². The topological polar surface area (TPSA) is 69.4 Å². The summed E-state index contributed by atoms with van der Waals surface area (Å²) in [5.41, 5.74) is 0.140. The molecule has 7 heteroatoms. The summed E-state index contributed by atoms with van der Waals surface area (Å²) in [4.78, 5) is 21.2. The highest BCUT2D eigenvalue weighted by molar-refractivity contribution is 9.10. The summed E-state index contributed by atoms with van der Waals surface area (Å²) in [6.45, 7) is -0.796. The van der Waals surface area contributed by atoms with E-state index in [1.807, 2.05) is 0 Å². The van der Waals surface area contributed by atoms with E-state index in [0.29, 0.717) is 4.47 Å². The summed E-state index contributed by atoms with van der Waals surface area (Å²) in [6.07, 6.45) is 0. The second kappa shape index (κ2) is 6.45. The molecule has 0 aromatic heterocycles. The molecule has 0 heterocycles. The fourth-order valence-corrected chi connectivity index (χ4v) is 1.96. The van der Waals surface area contributed by atoms with E-state index in [0.717, 1.165) is 0 Å². The Morgan fingerprint density at radius 2 is 2.05 bits per heavy atom. The first kappa shape index (κ1) is 15.1. The number of Topliss-reactive ketones (excluding diaryl/α,β-unsaturated/α-hetero) is 1. The van der Waals surface area contributed by atoms with Crippen molar-refractivity contribution in [2.45, 2.75) is 0 Å². The molecule has 108 valence electrons. The molecular weight excluding hydrogens is 345 g/mol. The van der Waals surface area contributed by atoms with Crippen LogP contribution in [0.1, 0.15) is 10.4 Å². The minimum atomic E-state index is -0.796. The summed E-state index contributed by atoms with van der Waals surface area (Å²) in [5.74, 6) is -0.976. The third kappa shape index (κ3) is 4.09. The van der Waals surface area contributed by atoms with Crippen molar-refractivity contribution in [3.05, 3.63) is 68.4 Å². The van der Waals surface area contributed by atoms with E-state index in [4.69, 9.17) is 4.74 Å². The lowest BCUT2D eigenvalue weighted by molar-refractivity contribution is -0.465. The number of ketones is 1. The Balaban J connectivity index is 2.21. The standard InChI is InChI=1S/C14H9BrFNO4/c15-10-4-5-14(12(16)7-10)21-11-3-1-2-9(6-11)13(18)8-17(19)20/h1-7H,8H2. The Labute approximate surface area is 127 Å². The number of hydrogen-bond acceptors (Lipinski definition) is 4. The van der Waals surface area contributed by atoms with Gasteiger partial charge < -0.3 is 4.74 Å². The highest BCUT2D eigenvalue weighted by Crippen LogP contribution is 2.27. The molecule has 2 aromatic rings. The van der Waals surface area contributed by atoms with E-state index in [9.17, 15) is 19.3 Å². The summed E-state index contributed by atoms with van der Waals surface area (Å²) in [6, 6.07) is 10.1. The van der Waals surface area contributed by atoms with E-state index in [-0.39, 0.29) is 17.1 Å². The molecule has 2 rings (SSSR count). The van der Waals surface area contributed by atoms with Crippen molar-refractivity contribution in [1.82, 2.24) is 0 Å². The molecule has 5 nitrogen and oxygen atoms in total.